The molecular formula is C19H20N4O. The summed E-state index contributed by atoms with van der Waals surface area (Å²) in [6.45, 7) is 1.25. The predicted molar refractivity (Wildman–Crippen MR) is 93.0 cm³/mol. The lowest BCUT2D eigenvalue weighted by atomic mass is 10.0. The molecule has 3 rings (SSSR count). The number of amides is 1. The molecule has 0 radical (unpaired) electrons. The number of nitrogens with one attached hydrogen (secondary N) is 1. The Morgan fingerprint density at radius 1 is 1.04 bits per heavy atom. The number of carbonyl (C=O) groups excluding carboxylic acids is 1. The molecule has 1 amide bonds. The van der Waals surface area contributed by atoms with Crippen LogP contribution in [-0.2, 0) is 17.9 Å². The van der Waals surface area contributed by atoms with Crippen LogP contribution in [0.3, 0.4) is 0 Å². The maximum atomic E-state index is 11.8. The molecule has 122 valence electrons. The first-order valence-electron chi connectivity index (χ1n) is 7.86. The van der Waals surface area contributed by atoms with Crippen LogP contribution in [0.4, 0.5) is 0 Å². The molecule has 3 aromatic rings. The third-order valence-electron chi connectivity index (χ3n) is 3.92. The van der Waals surface area contributed by atoms with E-state index >= 15 is 0 Å². The molecule has 0 bridgehead atoms. The first-order valence-corrected chi connectivity index (χ1v) is 7.86. The Kier molecular flexibility index (Phi) is 5.03. The van der Waals surface area contributed by atoms with Crippen molar-refractivity contribution in [2.45, 2.75) is 19.1 Å². The molecule has 0 spiro atoms. The van der Waals surface area contributed by atoms with Gasteiger partial charge >= 0.3 is 0 Å². The summed E-state index contributed by atoms with van der Waals surface area (Å²) in [5, 5.41) is 7.51. The quantitative estimate of drug-likeness (QED) is 0.701. The van der Waals surface area contributed by atoms with E-state index in [-0.39, 0.29) is 5.91 Å². The van der Waals surface area contributed by atoms with Crippen LogP contribution >= 0.6 is 0 Å². The summed E-state index contributed by atoms with van der Waals surface area (Å²) in [4.78, 5) is 11.8. The van der Waals surface area contributed by atoms with Gasteiger partial charge in [0.1, 0.15) is 6.04 Å². The van der Waals surface area contributed by atoms with Crippen LogP contribution < -0.4 is 11.1 Å². The van der Waals surface area contributed by atoms with Crippen LogP contribution in [0, 0.1) is 0 Å². The van der Waals surface area contributed by atoms with Crippen molar-refractivity contribution in [2.24, 2.45) is 5.73 Å². The van der Waals surface area contributed by atoms with Crippen molar-refractivity contribution in [1.82, 2.24) is 15.1 Å². The topological polar surface area (TPSA) is 72.9 Å². The van der Waals surface area contributed by atoms with Gasteiger partial charge in [0, 0.05) is 18.9 Å². The summed E-state index contributed by atoms with van der Waals surface area (Å²) in [5.74, 6) is -0.384. The fourth-order valence-corrected chi connectivity index (χ4v) is 2.69. The average Bonchev–Trinajstić information content (AvgIpc) is 3.10. The van der Waals surface area contributed by atoms with E-state index in [4.69, 9.17) is 5.73 Å². The highest BCUT2D eigenvalue weighted by atomic mass is 16.1. The molecule has 0 aliphatic carbocycles. The largest absolute Gasteiger partial charge is 0.368 e. The minimum Gasteiger partial charge on any atom is -0.368 e. The smallest absolute Gasteiger partial charge is 0.239 e. The van der Waals surface area contributed by atoms with Gasteiger partial charge in [-0.05, 0) is 22.8 Å². The second-order valence-electron chi connectivity index (χ2n) is 5.60. The highest BCUT2D eigenvalue weighted by Gasteiger charge is 2.17. The first-order chi connectivity index (χ1) is 11.7. The molecule has 0 unspecified atom stereocenters. The minimum absolute atomic E-state index is 0.384. The number of nitrogens with two attached hydrogens (primary N) is 1. The number of nitrogens with zero attached hydrogens (tertiary/aromatic N) is 2. The standard InChI is InChI=1S/C19H20N4O/c20-19(24)18(15-7-2-1-3-8-15)21-13-16-9-4-5-10-17(16)14-23-12-6-11-22-23/h1-12,18,21H,13-14H2,(H2,20,24)/t18-/m0/s1. The van der Waals surface area contributed by atoms with Crippen molar-refractivity contribution in [3.63, 3.8) is 0 Å². The molecule has 24 heavy (non-hydrogen) atoms. The number of primary amides is 1. The Hall–Kier alpha value is -2.92. The summed E-state index contributed by atoms with van der Waals surface area (Å²) in [7, 11) is 0. The Morgan fingerprint density at radius 3 is 2.42 bits per heavy atom. The number of hydrogen-bond acceptors (Lipinski definition) is 3. The predicted octanol–water partition coefficient (Wildman–Crippen LogP) is 2.25. The van der Waals surface area contributed by atoms with Crippen LogP contribution in [0.25, 0.3) is 0 Å². The Balaban J connectivity index is 1.75. The molecule has 1 atom stereocenters. The molecule has 3 N–H and O–H groups in total. The monoisotopic (exact) mass is 320 g/mol. The Labute approximate surface area is 141 Å². The third kappa shape index (κ3) is 3.88. The lowest BCUT2D eigenvalue weighted by Gasteiger charge is -2.17. The maximum Gasteiger partial charge on any atom is 0.239 e. The zero-order valence-corrected chi connectivity index (χ0v) is 13.3. The summed E-state index contributed by atoms with van der Waals surface area (Å²) in [6, 6.07) is 19.0. The van der Waals surface area contributed by atoms with Crippen molar-refractivity contribution in [3.8, 4) is 0 Å². The van der Waals surface area contributed by atoms with E-state index in [1.54, 1.807) is 6.20 Å². The average molecular weight is 320 g/mol. The van der Waals surface area contributed by atoms with E-state index in [0.717, 1.165) is 16.7 Å². The van der Waals surface area contributed by atoms with Crippen LogP contribution in [0.1, 0.15) is 22.7 Å². The highest BCUT2D eigenvalue weighted by molar-refractivity contribution is 5.81. The second-order valence-corrected chi connectivity index (χ2v) is 5.60. The van der Waals surface area contributed by atoms with Crippen molar-refractivity contribution in [2.75, 3.05) is 0 Å². The molecule has 0 saturated carbocycles. The van der Waals surface area contributed by atoms with Gasteiger partial charge < -0.3 is 5.73 Å². The van der Waals surface area contributed by atoms with Gasteiger partial charge in [-0.2, -0.15) is 5.10 Å². The SMILES string of the molecule is NC(=O)[C@@H](NCc1ccccc1Cn1cccn1)c1ccccc1. The van der Waals surface area contributed by atoms with Gasteiger partial charge in [-0.15, -0.1) is 0 Å². The van der Waals surface area contributed by atoms with Gasteiger partial charge in [-0.1, -0.05) is 54.6 Å². The van der Waals surface area contributed by atoms with Gasteiger partial charge in [0.05, 0.1) is 6.54 Å². The molecule has 0 fully saturated rings. The minimum atomic E-state index is -0.510. The van der Waals surface area contributed by atoms with Crippen molar-refractivity contribution < 1.29 is 4.79 Å². The van der Waals surface area contributed by atoms with Gasteiger partial charge in [0.15, 0.2) is 0 Å². The molecule has 0 saturated heterocycles. The molecule has 5 nitrogen and oxygen atoms in total. The number of aromatic nitrogens is 2. The first kappa shape index (κ1) is 16.0. The number of rotatable bonds is 7. The summed E-state index contributed by atoms with van der Waals surface area (Å²) < 4.78 is 1.88. The van der Waals surface area contributed by atoms with Crippen LogP contribution in [-0.4, -0.2) is 15.7 Å². The van der Waals surface area contributed by atoms with Gasteiger partial charge in [-0.25, -0.2) is 0 Å². The molecule has 0 aliphatic heterocycles. The molecule has 1 aromatic heterocycles. The molecule has 0 aliphatic rings. The van der Waals surface area contributed by atoms with Crippen LogP contribution in [0.5, 0.6) is 0 Å². The maximum absolute atomic E-state index is 11.8. The fourth-order valence-electron chi connectivity index (χ4n) is 2.69. The van der Waals surface area contributed by atoms with Gasteiger partial charge in [0.25, 0.3) is 0 Å². The van der Waals surface area contributed by atoms with E-state index in [1.165, 1.54) is 0 Å². The van der Waals surface area contributed by atoms with Crippen molar-refractivity contribution in [3.05, 3.63) is 89.7 Å². The lowest BCUT2D eigenvalue weighted by Crippen LogP contribution is -2.33. The summed E-state index contributed by atoms with van der Waals surface area (Å²) in [5.41, 5.74) is 8.71. The van der Waals surface area contributed by atoms with E-state index in [2.05, 4.69) is 22.5 Å². The molecule has 5 heteroatoms. The summed E-state index contributed by atoms with van der Waals surface area (Å²) >= 11 is 0. The van der Waals surface area contributed by atoms with Gasteiger partial charge in [-0.3, -0.25) is 14.8 Å². The fraction of sp³-hybridized carbons (Fsp3) is 0.158. The van der Waals surface area contributed by atoms with Crippen LogP contribution in [0.15, 0.2) is 73.1 Å². The van der Waals surface area contributed by atoms with Crippen molar-refractivity contribution in [1.29, 1.82) is 0 Å². The van der Waals surface area contributed by atoms with Gasteiger partial charge in [0.2, 0.25) is 5.91 Å². The lowest BCUT2D eigenvalue weighted by molar-refractivity contribution is -0.120. The van der Waals surface area contributed by atoms with E-state index in [1.807, 2.05) is 59.4 Å². The number of benzene rings is 2. The molecule has 2 aromatic carbocycles. The third-order valence-corrected chi connectivity index (χ3v) is 3.92. The second kappa shape index (κ2) is 7.57. The molecule has 1 heterocycles. The van der Waals surface area contributed by atoms with Crippen LogP contribution in [0.2, 0.25) is 0 Å². The zero-order chi connectivity index (χ0) is 16.8. The van der Waals surface area contributed by atoms with E-state index in [0.29, 0.717) is 13.1 Å². The molecular weight excluding hydrogens is 300 g/mol. The Bertz CT molecular complexity index is 784. The normalized spacial score (nSPS) is 12.0. The summed E-state index contributed by atoms with van der Waals surface area (Å²) in [6.07, 6.45) is 3.69. The van der Waals surface area contributed by atoms with E-state index in [9.17, 15) is 4.79 Å². The van der Waals surface area contributed by atoms with E-state index < -0.39 is 6.04 Å². The highest BCUT2D eigenvalue weighted by Crippen LogP contribution is 2.15. The zero-order valence-electron chi connectivity index (χ0n) is 13.3. The number of hydrogen-bond donors (Lipinski definition) is 2. The number of carbonyl (C=O) groups is 1. The van der Waals surface area contributed by atoms with Crippen molar-refractivity contribution >= 4 is 5.91 Å². The Morgan fingerprint density at radius 2 is 1.75 bits per heavy atom.